The predicted octanol–water partition coefficient (Wildman–Crippen LogP) is 3.66. The molecule has 0 fully saturated rings. The molecule has 0 amide bonds. The fraction of sp³-hybridized carbons (Fsp3) is 0.214. The fourth-order valence-electron chi connectivity index (χ4n) is 1.69. The van der Waals surface area contributed by atoms with Gasteiger partial charge >= 0.3 is 0 Å². The Bertz CT molecular complexity index is 543. The topological polar surface area (TPSA) is 34.1 Å². The minimum atomic E-state index is 0.695. The Kier molecular flexibility index (Phi) is 4.05. The number of hydrogen-bond donors (Lipinski definition) is 1. The van der Waals surface area contributed by atoms with Crippen LogP contribution in [0.1, 0.15) is 11.3 Å². The van der Waals surface area contributed by atoms with E-state index in [0.29, 0.717) is 6.54 Å². The molecule has 1 aromatic heterocycles. The summed E-state index contributed by atoms with van der Waals surface area (Å²) in [6, 6.07) is 9.73. The lowest BCUT2D eigenvalue weighted by Gasteiger charge is -2.11. The van der Waals surface area contributed by atoms with Crippen molar-refractivity contribution in [3.8, 4) is 5.75 Å². The molecule has 4 heteroatoms. The zero-order valence-electron chi connectivity index (χ0n) is 10.4. The van der Waals surface area contributed by atoms with E-state index in [1.165, 1.54) is 0 Å². The van der Waals surface area contributed by atoms with Gasteiger partial charge in [-0.25, -0.2) is 0 Å². The van der Waals surface area contributed by atoms with Gasteiger partial charge in [0.15, 0.2) is 5.75 Å². The van der Waals surface area contributed by atoms with Gasteiger partial charge in [0.1, 0.15) is 0 Å². The number of halogens is 1. The van der Waals surface area contributed by atoms with Crippen molar-refractivity contribution in [1.82, 2.24) is 4.98 Å². The van der Waals surface area contributed by atoms with Gasteiger partial charge in [-0.1, -0.05) is 23.7 Å². The number of nitrogens with one attached hydrogen (secondary N) is 1. The van der Waals surface area contributed by atoms with E-state index < -0.39 is 0 Å². The molecule has 0 unspecified atom stereocenters. The number of hydrogen-bond acceptors (Lipinski definition) is 3. The highest BCUT2D eigenvalue weighted by Gasteiger charge is 2.03. The molecule has 1 N–H and O–H groups in total. The van der Waals surface area contributed by atoms with Crippen LogP contribution in [0.2, 0.25) is 5.02 Å². The minimum Gasteiger partial charge on any atom is -0.493 e. The first-order valence-electron chi connectivity index (χ1n) is 5.68. The van der Waals surface area contributed by atoms with Crippen LogP contribution >= 0.6 is 11.6 Å². The second-order valence-electron chi connectivity index (χ2n) is 4.01. The summed E-state index contributed by atoms with van der Waals surface area (Å²) < 4.78 is 5.26. The van der Waals surface area contributed by atoms with Gasteiger partial charge in [-0.05, 0) is 30.7 Å². The summed E-state index contributed by atoms with van der Waals surface area (Å²) in [6.07, 6.45) is 1.72. The highest BCUT2D eigenvalue weighted by atomic mass is 35.5. The van der Waals surface area contributed by atoms with Gasteiger partial charge in [0.05, 0.1) is 19.0 Å². The molecular formula is C14H15ClN2O. The van der Waals surface area contributed by atoms with Crippen molar-refractivity contribution in [3.05, 3.63) is 52.8 Å². The van der Waals surface area contributed by atoms with Crippen LogP contribution in [0.25, 0.3) is 0 Å². The Morgan fingerprint density at radius 3 is 2.89 bits per heavy atom. The second-order valence-corrected chi connectivity index (χ2v) is 4.45. The molecule has 0 saturated carbocycles. The van der Waals surface area contributed by atoms with Crippen molar-refractivity contribution in [3.63, 3.8) is 0 Å². The van der Waals surface area contributed by atoms with E-state index in [-0.39, 0.29) is 0 Å². The van der Waals surface area contributed by atoms with Crippen LogP contribution in [0.4, 0.5) is 5.69 Å². The van der Waals surface area contributed by atoms with Gasteiger partial charge in [-0.15, -0.1) is 0 Å². The zero-order chi connectivity index (χ0) is 13.0. The first kappa shape index (κ1) is 12.7. The number of anilines is 1. The van der Waals surface area contributed by atoms with Gasteiger partial charge in [0.25, 0.3) is 0 Å². The van der Waals surface area contributed by atoms with E-state index in [4.69, 9.17) is 16.3 Å². The van der Waals surface area contributed by atoms with Crippen LogP contribution < -0.4 is 10.1 Å². The largest absolute Gasteiger partial charge is 0.493 e. The van der Waals surface area contributed by atoms with Crippen LogP contribution in [-0.4, -0.2) is 12.1 Å². The molecule has 1 heterocycles. The predicted molar refractivity (Wildman–Crippen MR) is 74.3 cm³/mol. The van der Waals surface area contributed by atoms with E-state index in [2.05, 4.69) is 10.3 Å². The maximum absolute atomic E-state index is 5.95. The molecule has 18 heavy (non-hydrogen) atoms. The number of aromatic nitrogens is 1. The lowest BCUT2D eigenvalue weighted by atomic mass is 10.2. The molecular weight excluding hydrogens is 248 g/mol. The molecule has 3 nitrogen and oxygen atoms in total. The fourth-order valence-corrected chi connectivity index (χ4v) is 1.91. The van der Waals surface area contributed by atoms with Crippen molar-refractivity contribution in [2.24, 2.45) is 0 Å². The lowest BCUT2D eigenvalue weighted by molar-refractivity contribution is 0.414. The summed E-state index contributed by atoms with van der Waals surface area (Å²) in [5, 5.41) is 4.07. The molecule has 2 aromatic rings. The third kappa shape index (κ3) is 3.14. The average Bonchev–Trinajstić information content (AvgIpc) is 2.37. The van der Waals surface area contributed by atoms with Crippen molar-refractivity contribution in [2.75, 3.05) is 12.4 Å². The molecule has 0 atom stereocenters. The average molecular weight is 263 g/mol. The summed E-state index contributed by atoms with van der Waals surface area (Å²) in [5.41, 5.74) is 3.01. The molecule has 0 aliphatic rings. The summed E-state index contributed by atoms with van der Waals surface area (Å²) in [7, 11) is 1.64. The Morgan fingerprint density at radius 2 is 2.17 bits per heavy atom. The van der Waals surface area contributed by atoms with E-state index in [1.807, 2.05) is 37.3 Å². The van der Waals surface area contributed by atoms with Gasteiger partial charge in [0.2, 0.25) is 0 Å². The maximum Gasteiger partial charge on any atom is 0.160 e. The van der Waals surface area contributed by atoms with Crippen molar-refractivity contribution in [2.45, 2.75) is 13.5 Å². The Hall–Kier alpha value is -1.74. The molecule has 2 rings (SSSR count). The van der Waals surface area contributed by atoms with Crippen molar-refractivity contribution < 1.29 is 4.74 Å². The first-order chi connectivity index (χ1) is 8.69. The lowest BCUT2D eigenvalue weighted by Crippen LogP contribution is -2.02. The molecule has 0 aliphatic carbocycles. The molecule has 0 bridgehead atoms. The molecule has 94 valence electrons. The smallest absolute Gasteiger partial charge is 0.160 e. The Labute approximate surface area is 112 Å². The second kappa shape index (κ2) is 5.74. The summed E-state index contributed by atoms with van der Waals surface area (Å²) in [4.78, 5) is 4.19. The quantitative estimate of drug-likeness (QED) is 0.913. The maximum atomic E-state index is 5.95. The molecule has 1 aromatic carbocycles. The highest BCUT2D eigenvalue weighted by Crippen LogP contribution is 2.24. The third-order valence-corrected chi connectivity index (χ3v) is 2.83. The number of methoxy groups -OCH3 is 1. The molecule has 0 aliphatic heterocycles. The van der Waals surface area contributed by atoms with Crippen LogP contribution in [0, 0.1) is 6.92 Å². The van der Waals surface area contributed by atoms with Crippen LogP contribution in [0.5, 0.6) is 5.75 Å². The minimum absolute atomic E-state index is 0.695. The van der Waals surface area contributed by atoms with E-state index in [1.54, 1.807) is 13.3 Å². The SMILES string of the molecule is COc1cnc(C)cc1NCc1cccc(Cl)c1. The first-order valence-corrected chi connectivity index (χ1v) is 6.06. The van der Waals surface area contributed by atoms with Crippen molar-refractivity contribution in [1.29, 1.82) is 0 Å². The van der Waals surface area contributed by atoms with Crippen LogP contribution in [0.15, 0.2) is 36.5 Å². The van der Waals surface area contributed by atoms with Crippen LogP contribution in [0.3, 0.4) is 0 Å². The third-order valence-electron chi connectivity index (χ3n) is 2.60. The van der Waals surface area contributed by atoms with Crippen molar-refractivity contribution >= 4 is 17.3 Å². The molecule has 0 spiro atoms. The van der Waals surface area contributed by atoms with Gasteiger partial charge < -0.3 is 10.1 Å². The summed E-state index contributed by atoms with van der Waals surface area (Å²) in [5.74, 6) is 0.739. The summed E-state index contributed by atoms with van der Waals surface area (Å²) in [6.45, 7) is 2.64. The Balaban J connectivity index is 2.12. The Morgan fingerprint density at radius 1 is 1.33 bits per heavy atom. The number of rotatable bonds is 4. The van der Waals surface area contributed by atoms with Gasteiger partial charge in [-0.2, -0.15) is 0 Å². The van der Waals surface area contributed by atoms with E-state index >= 15 is 0 Å². The number of aryl methyl sites for hydroxylation is 1. The number of pyridine rings is 1. The van der Waals surface area contributed by atoms with Gasteiger partial charge in [-0.3, -0.25) is 4.98 Å². The van der Waals surface area contributed by atoms with E-state index in [9.17, 15) is 0 Å². The van der Waals surface area contributed by atoms with Crippen LogP contribution in [-0.2, 0) is 6.54 Å². The standard InChI is InChI=1S/C14H15ClN2O/c1-10-6-13(14(18-2)9-16-10)17-8-11-4-3-5-12(15)7-11/h3-7,9H,8H2,1-2H3,(H,16,17). The number of benzene rings is 1. The highest BCUT2D eigenvalue weighted by molar-refractivity contribution is 6.30. The number of ether oxygens (including phenoxy) is 1. The molecule has 0 saturated heterocycles. The van der Waals surface area contributed by atoms with Gasteiger partial charge in [0, 0.05) is 17.3 Å². The molecule has 0 radical (unpaired) electrons. The number of nitrogens with zero attached hydrogens (tertiary/aromatic N) is 1. The summed E-state index contributed by atoms with van der Waals surface area (Å²) >= 11 is 5.95. The zero-order valence-corrected chi connectivity index (χ0v) is 11.2. The van der Waals surface area contributed by atoms with E-state index in [0.717, 1.165) is 27.7 Å². The normalized spacial score (nSPS) is 10.2. The monoisotopic (exact) mass is 262 g/mol.